The van der Waals surface area contributed by atoms with E-state index in [2.05, 4.69) is 34.6 Å². The first-order chi connectivity index (χ1) is 3.79. The van der Waals surface area contributed by atoms with Crippen molar-refractivity contribution in [1.82, 2.24) is 0 Å². The van der Waals surface area contributed by atoms with Crippen LogP contribution in [0.5, 0.6) is 0 Å². The van der Waals surface area contributed by atoms with Crippen molar-refractivity contribution in [3.8, 4) is 0 Å². The van der Waals surface area contributed by atoms with Crippen molar-refractivity contribution in [3.63, 3.8) is 0 Å². The Kier molecular flexibility index (Phi) is 2.70. The zero-order valence-corrected chi connectivity index (χ0v) is 7.46. The van der Waals surface area contributed by atoms with Gasteiger partial charge in [-0.25, -0.2) is 0 Å². The molecular weight excluding hydrogens is 184 g/mol. The Hall–Kier alpha value is 0.830. The smallest absolute Gasteiger partial charge is 0.0239 e. The molecule has 0 aromatic carbocycles. The number of hydrogen-bond donors (Lipinski definition) is 0. The second-order valence-electron chi connectivity index (χ2n) is 2.48. The van der Waals surface area contributed by atoms with Gasteiger partial charge >= 0.3 is 0 Å². The summed E-state index contributed by atoms with van der Waals surface area (Å²) in [4.78, 5) is 0.788. The lowest BCUT2D eigenvalue weighted by Crippen LogP contribution is -2.16. The first-order valence-electron chi connectivity index (χ1n) is 3.01. The molecule has 1 aliphatic heterocycles. The van der Waals surface area contributed by atoms with Crippen LogP contribution in [0.2, 0.25) is 0 Å². The van der Waals surface area contributed by atoms with Crippen LogP contribution in [-0.2, 0) is 0 Å². The molecule has 0 amide bonds. The molecule has 2 atom stereocenters. The number of halogens is 1. The maximum absolute atomic E-state index is 3.61. The molecule has 8 heavy (non-hydrogen) atoms. The maximum Gasteiger partial charge on any atom is 0.0239 e. The first kappa shape index (κ1) is 6.94. The molecule has 1 fully saturated rings. The molecule has 48 valence electrons. The van der Waals surface area contributed by atoms with Gasteiger partial charge < -0.3 is 0 Å². The van der Waals surface area contributed by atoms with Crippen LogP contribution in [0.25, 0.3) is 0 Å². The lowest BCUT2D eigenvalue weighted by atomic mass is 10.1. The third-order valence-electron chi connectivity index (χ3n) is 1.36. The number of rotatable bonds is 0. The predicted octanol–water partition coefficient (Wildman–Crippen LogP) is 2.52. The Morgan fingerprint density at radius 1 is 1.50 bits per heavy atom. The summed E-state index contributed by atoms with van der Waals surface area (Å²) >= 11 is 5.67. The Morgan fingerprint density at radius 3 is 2.62 bits per heavy atom. The quantitative estimate of drug-likeness (QED) is 0.535. The maximum atomic E-state index is 3.61. The highest BCUT2D eigenvalue weighted by atomic mass is 79.9. The summed E-state index contributed by atoms with van der Waals surface area (Å²) in [7, 11) is 0. The molecule has 0 unspecified atom stereocenters. The van der Waals surface area contributed by atoms with Crippen LogP contribution in [0.15, 0.2) is 0 Å². The van der Waals surface area contributed by atoms with Gasteiger partial charge in [0.1, 0.15) is 0 Å². The van der Waals surface area contributed by atoms with Gasteiger partial charge in [-0.1, -0.05) is 22.9 Å². The molecule has 1 aliphatic rings. The van der Waals surface area contributed by atoms with E-state index in [1.807, 2.05) is 0 Å². The molecule has 1 heterocycles. The van der Waals surface area contributed by atoms with Gasteiger partial charge in [0, 0.05) is 10.6 Å². The largest absolute Gasteiger partial charge is 0.161 e. The van der Waals surface area contributed by atoms with Crippen LogP contribution in [0.4, 0.5) is 0 Å². The van der Waals surface area contributed by atoms with Crippen LogP contribution in [0.3, 0.4) is 0 Å². The van der Waals surface area contributed by atoms with Gasteiger partial charge in [0.05, 0.1) is 0 Å². The van der Waals surface area contributed by atoms with E-state index in [-0.39, 0.29) is 0 Å². The Labute approximate surface area is 63.5 Å². The lowest BCUT2D eigenvalue weighted by Gasteiger charge is -2.21. The zero-order chi connectivity index (χ0) is 5.98. The minimum atomic E-state index is 0.788. The monoisotopic (exact) mass is 194 g/mol. The Balaban J connectivity index is 2.23. The second-order valence-corrected chi connectivity index (χ2v) is 4.85. The summed E-state index contributed by atoms with van der Waals surface area (Å²) in [6, 6.07) is 0. The van der Waals surface area contributed by atoms with Crippen molar-refractivity contribution in [2.24, 2.45) is 5.92 Å². The van der Waals surface area contributed by atoms with Gasteiger partial charge in [-0.2, -0.15) is 11.8 Å². The van der Waals surface area contributed by atoms with Crippen molar-refractivity contribution >= 4 is 27.7 Å². The molecule has 1 rings (SSSR count). The summed E-state index contributed by atoms with van der Waals surface area (Å²) in [5, 5.41) is 0. The summed E-state index contributed by atoms with van der Waals surface area (Å²) < 4.78 is 0. The molecule has 0 aromatic heterocycles. The molecule has 0 N–H and O–H groups in total. The van der Waals surface area contributed by atoms with Crippen molar-refractivity contribution in [1.29, 1.82) is 0 Å². The molecule has 0 bridgehead atoms. The minimum absolute atomic E-state index is 0.788. The van der Waals surface area contributed by atoms with E-state index in [1.165, 1.54) is 17.9 Å². The third-order valence-corrected chi connectivity index (χ3v) is 3.93. The Morgan fingerprint density at radius 2 is 2.25 bits per heavy atom. The topological polar surface area (TPSA) is 0 Å². The van der Waals surface area contributed by atoms with Crippen molar-refractivity contribution in [2.75, 3.05) is 11.5 Å². The Bertz CT molecular complexity index is 66.9. The SMILES string of the molecule is C[C@@H]1CSC[C@H](Br)C1. The highest BCUT2D eigenvalue weighted by molar-refractivity contribution is 9.09. The average molecular weight is 195 g/mol. The molecule has 0 saturated carbocycles. The molecule has 0 radical (unpaired) electrons. The fourth-order valence-electron chi connectivity index (χ4n) is 0.970. The normalized spacial score (nSPS) is 39.8. The predicted molar refractivity (Wildman–Crippen MR) is 43.8 cm³/mol. The van der Waals surface area contributed by atoms with Gasteiger partial charge in [0.25, 0.3) is 0 Å². The average Bonchev–Trinajstić information content (AvgIpc) is 1.64. The summed E-state index contributed by atoms with van der Waals surface area (Å²) in [6.45, 7) is 2.32. The fourth-order valence-corrected chi connectivity index (χ4v) is 3.24. The molecule has 1 saturated heterocycles. The first-order valence-corrected chi connectivity index (χ1v) is 5.08. The summed E-state index contributed by atoms with van der Waals surface area (Å²) in [6.07, 6.45) is 1.37. The highest BCUT2D eigenvalue weighted by Gasteiger charge is 2.15. The molecule has 0 aliphatic carbocycles. The van der Waals surface area contributed by atoms with Gasteiger partial charge in [0.15, 0.2) is 0 Å². The van der Waals surface area contributed by atoms with E-state index in [0.29, 0.717) is 0 Å². The standard InChI is InChI=1S/C6H11BrS/c1-5-2-6(7)4-8-3-5/h5-6H,2-4H2,1H3/t5-,6+/m0/s1. The van der Waals surface area contributed by atoms with E-state index < -0.39 is 0 Å². The number of alkyl halides is 1. The minimum Gasteiger partial charge on any atom is -0.161 e. The fraction of sp³-hybridized carbons (Fsp3) is 1.00. The molecule has 0 spiro atoms. The number of hydrogen-bond acceptors (Lipinski definition) is 1. The van der Waals surface area contributed by atoms with Crippen molar-refractivity contribution in [3.05, 3.63) is 0 Å². The highest BCUT2D eigenvalue weighted by Crippen LogP contribution is 2.26. The van der Waals surface area contributed by atoms with Crippen molar-refractivity contribution < 1.29 is 0 Å². The van der Waals surface area contributed by atoms with E-state index in [1.54, 1.807) is 0 Å². The van der Waals surface area contributed by atoms with Gasteiger partial charge in [-0.15, -0.1) is 0 Å². The van der Waals surface area contributed by atoms with Crippen molar-refractivity contribution in [2.45, 2.75) is 18.2 Å². The summed E-state index contributed by atoms with van der Waals surface area (Å²) in [5.74, 6) is 3.60. The van der Waals surface area contributed by atoms with E-state index in [0.717, 1.165) is 10.7 Å². The molecule has 0 nitrogen and oxygen atoms in total. The van der Waals surface area contributed by atoms with Gasteiger partial charge in [0.2, 0.25) is 0 Å². The van der Waals surface area contributed by atoms with E-state index >= 15 is 0 Å². The van der Waals surface area contributed by atoms with Crippen LogP contribution < -0.4 is 0 Å². The number of thioether (sulfide) groups is 1. The van der Waals surface area contributed by atoms with Crippen LogP contribution in [0, 0.1) is 5.92 Å². The van der Waals surface area contributed by atoms with Crippen LogP contribution in [0.1, 0.15) is 13.3 Å². The second kappa shape index (κ2) is 3.11. The lowest BCUT2D eigenvalue weighted by molar-refractivity contribution is 0.587. The molecular formula is C6H11BrS. The molecule has 2 heteroatoms. The molecule has 0 aromatic rings. The van der Waals surface area contributed by atoms with Gasteiger partial charge in [-0.3, -0.25) is 0 Å². The van der Waals surface area contributed by atoms with E-state index in [4.69, 9.17) is 0 Å². The van der Waals surface area contributed by atoms with Crippen LogP contribution in [-0.4, -0.2) is 16.3 Å². The van der Waals surface area contributed by atoms with Crippen LogP contribution >= 0.6 is 27.7 Å². The van der Waals surface area contributed by atoms with Gasteiger partial charge in [-0.05, 0) is 18.1 Å². The summed E-state index contributed by atoms with van der Waals surface area (Å²) in [5.41, 5.74) is 0. The third kappa shape index (κ3) is 1.98. The van der Waals surface area contributed by atoms with E-state index in [9.17, 15) is 0 Å². The zero-order valence-electron chi connectivity index (χ0n) is 5.06.